The number of hydrogen-bond donors (Lipinski definition) is 0. The summed E-state index contributed by atoms with van der Waals surface area (Å²) in [5.74, 6) is -4.84. The van der Waals surface area contributed by atoms with Gasteiger partial charge < -0.3 is 0 Å². The van der Waals surface area contributed by atoms with E-state index in [-0.39, 0.29) is 0 Å². The summed E-state index contributed by atoms with van der Waals surface area (Å²) in [6, 6.07) is 0. The van der Waals surface area contributed by atoms with Crippen molar-refractivity contribution in [1.82, 2.24) is 0 Å². The van der Waals surface area contributed by atoms with E-state index in [0.29, 0.717) is 0 Å². The molecule has 0 heterocycles. The number of alkyl halides is 7. The zero-order valence-corrected chi connectivity index (χ0v) is 8.51. The van der Waals surface area contributed by atoms with Crippen LogP contribution in [0.4, 0.5) is 35.1 Å². The largest absolute Gasteiger partial charge is 0.432 e. The van der Waals surface area contributed by atoms with Crippen molar-refractivity contribution < 1.29 is 35.1 Å². The Kier molecular flexibility index (Phi) is 5.41. The van der Waals surface area contributed by atoms with Crippen molar-refractivity contribution in [2.24, 2.45) is 0 Å². The van der Waals surface area contributed by atoms with Gasteiger partial charge in [-0.2, -0.15) is 13.2 Å². The maximum absolute atomic E-state index is 13.2. The zero-order valence-electron chi connectivity index (χ0n) is 8.51. The standard InChI is InChI=1S/C9H10F8/c10-5-2-1-3-8(13,14)7(12,4-6-11)9(15,16)17/h4,6H,1-3,5H2. The van der Waals surface area contributed by atoms with E-state index < -0.39 is 56.1 Å². The second-order valence-electron chi connectivity index (χ2n) is 3.35. The number of hydrogen-bond acceptors (Lipinski definition) is 0. The molecule has 0 radical (unpaired) electrons. The fraction of sp³-hybridized carbons (Fsp3) is 0.778. The Morgan fingerprint density at radius 1 is 0.882 bits per heavy atom. The molecular formula is C9H10F8. The van der Waals surface area contributed by atoms with Crippen LogP contribution < -0.4 is 0 Å². The molecule has 0 rings (SSSR count). The van der Waals surface area contributed by atoms with Crippen LogP contribution in [0.5, 0.6) is 0 Å². The molecule has 0 saturated heterocycles. The van der Waals surface area contributed by atoms with Crippen LogP contribution in [-0.2, 0) is 0 Å². The summed E-state index contributed by atoms with van der Waals surface area (Å²) in [5.41, 5.74) is -5.08. The zero-order chi connectivity index (χ0) is 13.7. The fourth-order valence-corrected chi connectivity index (χ4v) is 1.13. The van der Waals surface area contributed by atoms with Crippen LogP contribution in [0, 0.1) is 0 Å². The summed E-state index contributed by atoms with van der Waals surface area (Å²) in [5, 5.41) is 0. The predicted octanol–water partition coefficient (Wildman–Crippen LogP) is 4.52. The summed E-state index contributed by atoms with van der Waals surface area (Å²) in [6.45, 7) is -1.000. The molecule has 0 aliphatic carbocycles. The Labute approximate surface area is 92.3 Å². The first-order chi connectivity index (χ1) is 7.62. The molecule has 0 nitrogen and oxygen atoms in total. The van der Waals surface area contributed by atoms with Crippen LogP contribution in [0.2, 0.25) is 0 Å². The van der Waals surface area contributed by atoms with Crippen LogP contribution in [0.25, 0.3) is 0 Å². The molecule has 0 aliphatic heterocycles. The predicted molar refractivity (Wildman–Crippen MR) is 44.9 cm³/mol. The van der Waals surface area contributed by atoms with Gasteiger partial charge in [0.2, 0.25) is 0 Å². The van der Waals surface area contributed by atoms with E-state index in [1.165, 1.54) is 0 Å². The molecule has 0 bridgehead atoms. The monoisotopic (exact) mass is 270 g/mol. The minimum Gasteiger partial charge on any atom is -0.251 e. The lowest BCUT2D eigenvalue weighted by Gasteiger charge is -2.32. The SMILES string of the molecule is FC=CC(F)(C(F)(F)F)C(F)(F)CCCCF. The van der Waals surface area contributed by atoms with Gasteiger partial charge in [0.05, 0.1) is 13.0 Å². The average Bonchev–Trinajstić information content (AvgIpc) is 2.16. The van der Waals surface area contributed by atoms with E-state index in [0.717, 1.165) is 0 Å². The van der Waals surface area contributed by atoms with Gasteiger partial charge in [-0.3, -0.25) is 4.39 Å². The van der Waals surface area contributed by atoms with Crippen molar-refractivity contribution in [1.29, 1.82) is 0 Å². The maximum atomic E-state index is 13.2. The van der Waals surface area contributed by atoms with Gasteiger partial charge in [0.15, 0.2) is 0 Å². The second kappa shape index (κ2) is 5.68. The van der Waals surface area contributed by atoms with Crippen molar-refractivity contribution >= 4 is 0 Å². The summed E-state index contributed by atoms with van der Waals surface area (Å²) >= 11 is 0. The first kappa shape index (κ1) is 16.2. The summed E-state index contributed by atoms with van der Waals surface area (Å²) in [6.07, 6.45) is -10.3. The van der Waals surface area contributed by atoms with Gasteiger partial charge >= 0.3 is 6.18 Å². The lowest BCUT2D eigenvalue weighted by molar-refractivity contribution is -0.283. The van der Waals surface area contributed by atoms with Gasteiger partial charge in [0.1, 0.15) is 0 Å². The molecule has 8 heteroatoms. The lowest BCUT2D eigenvalue weighted by Crippen LogP contribution is -2.53. The van der Waals surface area contributed by atoms with Gasteiger partial charge in [-0.15, -0.1) is 0 Å². The molecule has 0 N–H and O–H groups in total. The Morgan fingerprint density at radius 2 is 1.41 bits per heavy atom. The smallest absolute Gasteiger partial charge is 0.251 e. The molecule has 102 valence electrons. The van der Waals surface area contributed by atoms with Gasteiger partial charge in [-0.1, -0.05) is 0 Å². The summed E-state index contributed by atoms with van der Waals surface area (Å²) in [7, 11) is 0. The quantitative estimate of drug-likeness (QED) is 0.492. The highest BCUT2D eigenvalue weighted by atomic mass is 19.4. The van der Waals surface area contributed by atoms with E-state index >= 15 is 0 Å². The molecule has 0 aromatic heterocycles. The van der Waals surface area contributed by atoms with Crippen LogP contribution in [-0.4, -0.2) is 24.4 Å². The van der Waals surface area contributed by atoms with Crippen molar-refractivity contribution in [2.75, 3.05) is 6.67 Å². The Hall–Kier alpha value is -0.820. The van der Waals surface area contributed by atoms with Crippen molar-refractivity contribution in [2.45, 2.75) is 37.0 Å². The lowest BCUT2D eigenvalue weighted by atomic mass is 9.92. The first-order valence-corrected chi connectivity index (χ1v) is 4.59. The average molecular weight is 270 g/mol. The molecule has 0 amide bonds. The van der Waals surface area contributed by atoms with Crippen molar-refractivity contribution in [3.05, 3.63) is 12.4 Å². The molecule has 1 atom stereocenters. The van der Waals surface area contributed by atoms with Gasteiger partial charge in [0.25, 0.3) is 11.6 Å². The van der Waals surface area contributed by atoms with Crippen LogP contribution in [0.1, 0.15) is 19.3 Å². The highest BCUT2D eigenvalue weighted by molar-refractivity contribution is 5.12. The highest BCUT2D eigenvalue weighted by Crippen LogP contribution is 2.48. The van der Waals surface area contributed by atoms with Crippen molar-refractivity contribution in [3.63, 3.8) is 0 Å². The van der Waals surface area contributed by atoms with E-state index in [2.05, 4.69) is 0 Å². The fourth-order valence-electron chi connectivity index (χ4n) is 1.13. The number of allylic oxidation sites excluding steroid dienone is 1. The molecule has 17 heavy (non-hydrogen) atoms. The number of unbranched alkanes of at least 4 members (excludes halogenated alkanes) is 1. The number of rotatable bonds is 6. The topological polar surface area (TPSA) is 0 Å². The molecule has 0 fully saturated rings. The Bertz CT molecular complexity index is 256. The van der Waals surface area contributed by atoms with E-state index in [1.807, 2.05) is 0 Å². The van der Waals surface area contributed by atoms with Crippen molar-refractivity contribution in [3.8, 4) is 0 Å². The molecule has 1 unspecified atom stereocenters. The molecule has 0 aliphatic rings. The number of halogens is 8. The minimum absolute atomic E-state index is 0.414. The molecular weight excluding hydrogens is 260 g/mol. The normalized spacial score (nSPS) is 17.4. The highest BCUT2D eigenvalue weighted by Gasteiger charge is 2.69. The molecule has 0 spiro atoms. The van der Waals surface area contributed by atoms with E-state index in [9.17, 15) is 35.1 Å². The second-order valence-corrected chi connectivity index (χ2v) is 3.35. The van der Waals surface area contributed by atoms with Crippen LogP contribution in [0.3, 0.4) is 0 Å². The first-order valence-electron chi connectivity index (χ1n) is 4.59. The van der Waals surface area contributed by atoms with Gasteiger partial charge in [-0.05, 0) is 18.9 Å². The Morgan fingerprint density at radius 3 is 1.76 bits per heavy atom. The molecule has 0 saturated carbocycles. The van der Waals surface area contributed by atoms with Crippen LogP contribution >= 0.6 is 0 Å². The van der Waals surface area contributed by atoms with E-state index in [4.69, 9.17) is 0 Å². The van der Waals surface area contributed by atoms with Gasteiger partial charge in [0, 0.05) is 6.42 Å². The van der Waals surface area contributed by atoms with Crippen LogP contribution in [0.15, 0.2) is 12.4 Å². The third-order valence-corrected chi connectivity index (χ3v) is 2.11. The summed E-state index contributed by atoms with van der Waals surface area (Å²) in [4.78, 5) is 0. The minimum atomic E-state index is -5.95. The third kappa shape index (κ3) is 3.57. The maximum Gasteiger partial charge on any atom is 0.432 e. The van der Waals surface area contributed by atoms with E-state index in [1.54, 1.807) is 0 Å². The Balaban J connectivity index is 5.04. The van der Waals surface area contributed by atoms with Gasteiger partial charge in [-0.25, -0.2) is 17.6 Å². The third-order valence-electron chi connectivity index (χ3n) is 2.11. The molecule has 0 aromatic rings. The summed E-state index contributed by atoms with van der Waals surface area (Å²) < 4.78 is 99.0. The molecule has 0 aromatic carbocycles.